The number of nitrogens with zero attached hydrogens (tertiary/aromatic N) is 2. The van der Waals surface area contributed by atoms with Crippen molar-refractivity contribution in [1.29, 1.82) is 0 Å². The minimum atomic E-state index is 1.08. The lowest BCUT2D eigenvalue weighted by molar-refractivity contribution is -0.590. The number of aromatic nitrogens is 1. The van der Waals surface area contributed by atoms with Crippen LogP contribution >= 0.6 is 0 Å². The predicted molar refractivity (Wildman–Crippen MR) is 80.3 cm³/mol. The van der Waals surface area contributed by atoms with E-state index in [1.807, 2.05) is 18.2 Å². The Hall–Kier alpha value is -2.09. The van der Waals surface area contributed by atoms with Crippen molar-refractivity contribution in [1.82, 2.24) is 4.90 Å². The molecule has 0 saturated heterocycles. The van der Waals surface area contributed by atoms with Gasteiger partial charge in [-0.2, -0.15) is 0 Å². The Labute approximate surface area is 115 Å². The van der Waals surface area contributed by atoms with Crippen LogP contribution in [-0.2, 0) is 6.42 Å². The lowest BCUT2D eigenvalue weighted by Gasteiger charge is -2.10. The van der Waals surface area contributed by atoms with E-state index in [2.05, 4.69) is 73.2 Å². The Morgan fingerprint density at radius 3 is 2.21 bits per heavy atom. The van der Waals surface area contributed by atoms with Gasteiger partial charge in [-0.05, 0) is 29.7 Å². The zero-order valence-corrected chi connectivity index (χ0v) is 11.9. The number of benzene rings is 1. The van der Waals surface area contributed by atoms with E-state index in [0.717, 1.165) is 12.2 Å². The van der Waals surface area contributed by atoms with Gasteiger partial charge in [0.25, 0.3) is 5.82 Å². The van der Waals surface area contributed by atoms with Crippen LogP contribution in [0, 0.1) is 0 Å². The van der Waals surface area contributed by atoms with Crippen LogP contribution in [0.25, 0.3) is 11.9 Å². The second kappa shape index (κ2) is 6.19. The lowest BCUT2D eigenvalue weighted by atomic mass is 10.1. The molecular formula is C17H21N2+. The van der Waals surface area contributed by atoms with Crippen LogP contribution in [0.15, 0.2) is 54.9 Å². The molecule has 0 spiro atoms. The molecule has 2 heteroatoms. The van der Waals surface area contributed by atoms with Crippen molar-refractivity contribution < 1.29 is 4.57 Å². The average Bonchev–Trinajstić information content (AvgIpc) is 2.46. The number of hydrogen-bond donors (Lipinski definition) is 0. The van der Waals surface area contributed by atoms with Crippen LogP contribution in [0.4, 0.5) is 0 Å². The zero-order chi connectivity index (χ0) is 13.7. The Kier molecular flexibility index (Phi) is 4.35. The number of aryl methyl sites for hydroxylation is 1. The van der Waals surface area contributed by atoms with E-state index in [0.29, 0.717) is 0 Å². The molecule has 2 rings (SSSR count). The van der Waals surface area contributed by atoms with Crippen LogP contribution < -0.4 is 4.57 Å². The van der Waals surface area contributed by atoms with Crippen LogP contribution in [-0.4, -0.2) is 19.0 Å². The first-order valence-electron chi connectivity index (χ1n) is 6.65. The van der Waals surface area contributed by atoms with Crippen molar-refractivity contribution in [3.8, 4) is 0 Å². The molecule has 2 aromatic rings. The summed E-state index contributed by atoms with van der Waals surface area (Å²) in [6, 6.07) is 14.8. The summed E-state index contributed by atoms with van der Waals surface area (Å²) >= 11 is 0. The second-order valence-corrected chi connectivity index (χ2v) is 4.77. The molecule has 0 aliphatic rings. The average molecular weight is 253 g/mol. The largest absolute Gasteiger partial charge is 0.281 e. The van der Waals surface area contributed by atoms with Gasteiger partial charge < -0.3 is 0 Å². The van der Waals surface area contributed by atoms with E-state index >= 15 is 0 Å². The van der Waals surface area contributed by atoms with Gasteiger partial charge in [-0.25, -0.2) is 4.57 Å². The van der Waals surface area contributed by atoms with Crippen LogP contribution in [0.2, 0.25) is 0 Å². The van der Waals surface area contributed by atoms with Crippen molar-refractivity contribution in [3.05, 3.63) is 66.0 Å². The maximum absolute atomic E-state index is 2.19. The molecule has 0 atom stereocenters. The highest BCUT2D eigenvalue weighted by Gasteiger charge is 2.10. The third-order valence-corrected chi connectivity index (χ3v) is 3.12. The van der Waals surface area contributed by atoms with Gasteiger partial charge in [-0.15, -0.1) is 0 Å². The third kappa shape index (κ3) is 3.44. The minimum Gasteiger partial charge on any atom is -0.267 e. The Morgan fingerprint density at radius 1 is 1.05 bits per heavy atom. The van der Waals surface area contributed by atoms with E-state index < -0.39 is 0 Å². The van der Waals surface area contributed by atoms with Gasteiger partial charge in [0.05, 0.1) is 26.5 Å². The maximum atomic E-state index is 2.19. The molecule has 2 nitrogen and oxygen atoms in total. The summed E-state index contributed by atoms with van der Waals surface area (Å²) < 4.78 is 2.12. The van der Waals surface area contributed by atoms with E-state index in [-0.39, 0.29) is 0 Å². The lowest BCUT2D eigenvalue weighted by Crippen LogP contribution is -2.38. The summed E-state index contributed by atoms with van der Waals surface area (Å²) in [7, 11) is 4.12. The molecule has 0 amide bonds. The van der Waals surface area contributed by atoms with Gasteiger partial charge >= 0.3 is 0 Å². The topological polar surface area (TPSA) is 7.12 Å². The normalized spacial score (nSPS) is 11.4. The van der Waals surface area contributed by atoms with Crippen LogP contribution in [0.1, 0.15) is 18.1 Å². The van der Waals surface area contributed by atoms with Crippen molar-refractivity contribution >= 4 is 11.9 Å². The predicted octanol–water partition coefficient (Wildman–Crippen LogP) is 3.05. The second-order valence-electron chi connectivity index (χ2n) is 4.77. The van der Waals surface area contributed by atoms with Gasteiger partial charge in [-0.3, -0.25) is 4.90 Å². The number of hydrogen-bond acceptors (Lipinski definition) is 1. The van der Waals surface area contributed by atoms with Gasteiger partial charge in [0.1, 0.15) is 0 Å². The summed E-state index contributed by atoms with van der Waals surface area (Å²) in [5.41, 5.74) is 2.59. The molecule has 1 heterocycles. The number of rotatable bonds is 4. The molecule has 1 aromatic carbocycles. The molecule has 1 aromatic heterocycles. The van der Waals surface area contributed by atoms with Crippen molar-refractivity contribution in [2.45, 2.75) is 13.3 Å². The molecule has 0 N–H and O–H groups in total. The Bertz CT molecular complexity index is 539. The highest BCUT2D eigenvalue weighted by Crippen LogP contribution is 2.10. The Balaban J connectivity index is 2.35. The van der Waals surface area contributed by atoms with Crippen molar-refractivity contribution in [2.75, 3.05) is 14.1 Å². The fourth-order valence-electron chi connectivity index (χ4n) is 1.98. The molecule has 0 unspecified atom stereocenters. The van der Waals surface area contributed by atoms with E-state index in [4.69, 9.17) is 0 Å². The first kappa shape index (κ1) is 13.3. The van der Waals surface area contributed by atoms with Crippen molar-refractivity contribution in [3.63, 3.8) is 0 Å². The molecule has 98 valence electrons. The highest BCUT2D eigenvalue weighted by molar-refractivity contribution is 5.64. The smallest absolute Gasteiger partial charge is 0.267 e. The number of pyridine rings is 1. The summed E-state index contributed by atoms with van der Waals surface area (Å²) in [6.45, 7) is 2.18. The molecule has 0 fully saturated rings. The molecule has 0 saturated carbocycles. The molecule has 0 aliphatic carbocycles. The fraction of sp³-hybridized carbons (Fsp3) is 0.235. The summed E-state index contributed by atoms with van der Waals surface area (Å²) in [4.78, 5) is 2.12. The van der Waals surface area contributed by atoms with E-state index in [1.54, 1.807) is 0 Å². The minimum absolute atomic E-state index is 1.08. The molecule has 0 radical (unpaired) electrons. The van der Waals surface area contributed by atoms with Gasteiger partial charge in [0.15, 0.2) is 0 Å². The molecular weight excluding hydrogens is 232 g/mol. The summed E-state index contributed by atoms with van der Waals surface area (Å²) in [5.74, 6) is 1.14. The molecule has 19 heavy (non-hydrogen) atoms. The monoisotopic (exact) mass is 253 g/mol. The van der Waals surface area contributed by atoms with Crippen LogP contribution in [0.5, 0.6) is 0 Å². The highest BCUT2D eigenvalue weighted by atomic mass is 15.2. The van der Waals surface area contributed by atoms with Crippen LogP contribution in [0.3, 0.4) is 0 Å². The SMILES string of the molecule is CCc1ccc(C=C(N(C)C)[n+]2ccccc2)cc1. The Morgan fingerprint density at radius 2 is 1.68 bits per heavy atom. The van der Waals surface area contributed by atoms with Gasteiger partial charge in [0, 0.05) is 6.08 Å². The third-order valence-electron chi connectivity index (χ3n) is 3.12. The maximum Gasteiger partial charge on any atom is 0.281 e. The van der Waals surface area contributed by atoms with Gasteiger partial charge in [-0.1, -0.05) is 37.3 Å². The molecule has 0 bridgehead atoms. The van der Waals surface area contributed by atoms with Crippen molar-refractivity contribution in [2.24, 2.45) is 0 Å². The summed E-state index contributed by atoms with van der Waals surface area (Å²) in [6.07, 6.45) is 7.40. The first-order valence-corrected chi connectivity index (χ1v) is 6.65. The molecule has 0 aliphatic heterocycles. The quantitative estimate of drug-likeness (QED) is 0.760. The first-order chi connectivity index (χ1) is 9.20. The summed E-state index contributed by atoms with van der Waals surface area (Å²) in [5, 5.41) is 0. The zero-order valence-electron chi connectivity index (χ0n) is 11.9. The standard InChI is InChI=1S/C17H21N2/c1-4-15-8-10-16(11-9-15)14-17(18(2)3)19-12-6-5-7-13-19/h5-14H,4H2,1-3H3/q+1. The van der Waals surface area contributed by atoms with E-state index in [9.17, 15) is 0 Å². The van der Waals surface area contributed by atoms with E-state index in [1.165, 1.54) is 11.1 Å². The fourth-order valence-corrected chi connectivity index (χ4v) is 1.98. The van der Waals surface area contributed by atoms with Gasteiger partial charge in [0.2, 0.25) is 0 Å².